The van der Waals surface area contributed by atoms with Gasteiger partial charge in [-0.3, -0.25) is 0 Å². The van der Waals surface area contributed by atoms with E-state index < -0.39 is 0 Å². The van der Waals surface area contributed by atoms with Gasteiger partial charge in [-0.1, -0.05) is 101 Å². The molecule has 0 fully saturated rings. The second kappa shape index (κ2) is 6.06. The van der Waals surface area contributed by atoms with Gasteiger partial charge in [-0.15, -0.1) is 0 Å². The topological polar surface area (TPSA) is 0 Å². The van der Waals surface area contributed by atoms with E-state index in [1.807, 2.05) is 12.1 Å². The van der Waals surface area contributed by atoms with Crippen molar-refractivity contribution < 1.29 is 0 Å². The second-order valence-electron chi connectivity index (χ2n) is 4.76. The molecule has 3 rings (SSSR count). The molecule has 20 heavy (non-hydrogen) atoms. The number of halogens is 1. The second-order valence-corrected chi connectivity index (χ2v) is 5.68. The van der Waals surface area contributed by atoms with E-state index in [1.165, 1.54) is 22.3 Å². The highest BCUT2D eigenvalue weighted by molar-refractivity contribution is 9.09. The summed E-state index contributed by atoms with van der Waals surface area (Å²) in [6.45, 7) is 0. The van der Waals surface area contributed by atoms with Crippen molar-refractivity contribution in [3.05, 3.63) is 96.1 Å². The Morgan fingerprint density at radius 1 is 0.500 bits per heavy atom. The molecule has 0 aliphatic carbocycles. The number of rotatable bonds is 3. The van der Waals surface area contributed by atoms with E-state index in [0.29, 0.717) is 0 Å². The maximum absolute atomic E-state index is 3.77. The molecule has 1 heteroatoms. The van der Waals surface area contributed by atoms with Gasteiger partial charge < -0.3 is 0 Å². The summed E-state index contributed by atoms with van der Waals surface area (Å²) in [4.78, 5) is 0.244. The molecule has 1 unspecified atom stereocenters. The SMILES string of the molecule is BrC(c1ccccc1)c1ccc(-c2ccccc2)cc1. The average Bonchev–Trinajstić information content (AvgIpc) is 2.56. The fraction of sp³-hybridized carbons (Fsp3) is 0.0526. The summed E-state index contributed by atoms with van der Waals surface area (Å²) in [5.74, 6) is 0. The summed E-state index contributed by atoms with van der Waals surface area (Å²) in [6.07, 6.45) is 0. The first-order chi connectivity index (χ1) is 9.84. The summed E-state index contributed by atoms with van der Waals surface area (Å²) in [7, 11) is 0. The van der Waals surface area contributed by atoms with Crippen LogP contribution >= 0.6 is 15.9 Å². The Bertz CT molecular complexity index is 657. The van der Waals surface area contributed by atoms with Crippen molar-refractivity contribution in [2.75, 3.05) is 0 Å². The summed E-state index contributed by atoms with van der Waals surface area (Å²) in [6, 6.07) is 29.7. The maximum atomic E-state index is 3.77. The molecule has 0 N–H and O–H groups in total. The Morgan fingerprint density at radius 3 is 1.55 bits per heavy atom. The summed E-state index contributed by atoms with van der Waals surface area (Å²) in [5.41, 5.74) is 5.06. The molecule has 0 amide bonds. The molecule has 98 valence electrons. The maximum Gasteiger partial charge on any atom is 0.0644 e. The van der Waals surface area contributed by atoms with Crippen LogP contribution in [0.5, 0.6) is 0 Å². The van der Waals surface area contributed by atoms with Crippen LogP contribution in [0.15, 0.2) is 84.9 Å². The Hall–Kier alpha value is -1.86. The third kappa shape index (κ3) is 2.83. The molecule has 0 bridgehead atoms. The lowest BCUT2D eigenvalue weighted by Gasteiger charge is -2.11. The van der Waals surface area contributed by atoms with E-state index in [0.717, 1.165) is 0 Å². The number of hydrogen-bond acceptors (Lipinski definition) is 0. The zero-order valence-corrected chi connectivity index (χ0v) is 12.6. The number of hydrogen-bond donors (Lipinski definition) is 0. The molecule has 0 aromatic heterocycles. The third-order valence-electron chi connectivity index (χ3n) is 3.40. The zero-order valence-electron chi connectivity index (χ0n) is 11.0. The van der Waals surface area contributed by atoms with Crippen molar-refractivity contribution in [1.29, 1.82) is 0 Å². The van der Waals surface area contributed by atoms with Crippen LogP contribution in [0.25, 0.3) is 11.1 Å². The summed E-state index contributed by atoms with van der Waals surface area (Å²) in [5, 5.41) is 0. The molecular weight excluding hydrogens is 308 g/mol. The van der Waals surface area contributed by atoms with Gasteiger partial charge in [0.05, 0.1) is 4.83 Å². The van der Waals surface area contributed by atoms with Crippen molar-refractivity contribution in [2.24, 2.45) is 0 Å². The molecule has 3 aromatic carbocycles. The van der Waals surface area contributed by atoms with Gasteiger partial charge in [0.1, 0.15) is 0 Å². The van der Waals surface area contributed by atoms with Crippen LogP contribution in [-0.2, 0) is 0 Å². The van der Waals surface area contributed by atoms with E-state index in [-0.39, 0.29) is 4.83 Å². The molecule has 0 aliphatic rings. The highest BCUT2D eigenvalue weighted by Gasteiger charge is 2.09. The lowest BCUT2D eigenvalue weighted by molar-refractivity contribution is 1.18. The van der Waals surface area contributed by atoms with E-state index in [9.17, 15) is 0 Å². The molecule has 1 atom stereocenters. The molecule has 0 heterocycles. The van der Waals surface area contributed by atoms with E-state index in [2.05, 4.69) is 88.7 Å². The Labute approximate surface area is 128 Å². The van der Waals surface area contributed by atoms with Crippen LogP contribution in [0.2, 0.25) is 0 Å². The van der Waals surface area contributed by atoms with Gasteiger partial charge in [-0.25, -0.2) is 0 Å². The molecule has 0 spiro atoms. The first-order valence-electron chi connectivity index (χ1n) is 6.69. The number of alkyl halides is 1. The van der Waals surface area contributed by atoms with Gasteiger partial charge >= 0.3 is 0 Å². The molecule has 0 aliphatic heterocycles. The lowest BCUT2D eigenvalue weighted by atomic mass is 10.0. The van der Waals surface area contributed by atoms with Gasteiger partial charge in [0.2, 0.25) is 0 Å². The zero-order chi connectivity index (χ0) is 13.8. The van der Waals surface area contributed by atoms with Gasteiger partial charge in [0.15, 0.2) is 0 Å². The fourth-order valence-electron chi connectivity index (χ4n) is 2.29. The highest BCUT2D eigenvalue weighted by Crippen LogP contribution is 2.31. The first-order valence-corrected chi connectivity index (χ1v) is 7.60. The van der Waals surface area contributed by atoms with Crippen molar-refractivity contribution in [3.8, 4) is 11.1 Å². The fourth-order valence-corrected chi connectivity index (χ4v) is 2.90. The van der Waals surface area contributed by atoms with Crippen LogP contribution in [0.3, 0.4) is 0 Å². The monoisotopic (exact) mass is 322 g/mol. The Balaban J connectivity index is 1.87. The van der Waals surface area contributed by atoms with Crippen LogP contribution in [0, 0.1) is 0 Å². The largest absolute Gasteiger partial charge is 0.0786 e. The van der Waals surface area contributed by atoms with Crippen LogP contribution in [0.4, 0.5) is 0 Å². The quantitative estimate of drug-likeness (QED) is 0.531. The smallest absolute Gasteiger partial charge is 0.0644 e. The van der Waals surface area contributed by atoms with Crippen molar-refractivity contribution in [1.82, 2.24) is 0 Å². The molecule has 3 aromatic rings. The third-order valence-corrected chi connectivity index (χ3v) is 4.46. The molecule has 0 nitrogen and oxygen atoms in total. The minimum absolute atomic E-state index is 0.244. The summed E-state index contributed by atoms with van der Waals surface area (Å²) >= 11 is 3.77. The molecule has 0 saturated heterocycles. The lowest BCUT2D eigenvalue weighted by Crippen LogP contribution is -1.92. The standard InChI is InChI=1S/C19H15Br/c20-19(17-9-5-2-6-10-17)18-13-11-16(12-14-18)15-7-3-1-4-8-15/h1-14,19H. The predicted molar refractivity (Wildman–Crippen MR) is 89.1 cm³/mol. The molecular formula is C19H15Br. The minimum Gasteiger partial charge on any atom is -0.0786 e. The van der Waals surface area contributed by atoms with Crippen LogP contribution in [0.1, 0.15) is 16.0 Å². The Kier molecular flexibility index (Phi) is 3.98. The number of benzene rings is 3. The van der Waals surface area contributed by atoms with Crippen molar-refractivity contribution >= 4 is 15.9 Å². The van der Waals surface area contributed by atoms with E-state index >= 15 is 0 Å². The Morgan fingerprint density at radius 2 is 0.950 bits per heavy atom. The minimum atomic E-state index is 0.244. The van der Waals surface area contributed by atoms with Crippen molar-refractivity contribution in [2.45, 2.75) is 4.83 Å². The summed E-state index contributed by atoms with van der Waals surface area (Å²) < 4.78 is 0. The average molecular weight is 323 g/mol. The van der Waals surface area contributed by atoms with Gasteiger partial charge in [-0.2, -0.15) is 0 Å². The van der Waals surface area contributed by atoms with E-state index in [1.54, 1.807) is 0 Å². The van der Waals surface area contributed by atoms with Gasteiger partial charge in [0.25, 0.3) is 0 Å². The predicted octanol–water partition coefficient (Wildman–Crippen LogP) is 5.84. The highest BCUT2D eigenvalue weighted by atomic mass is 79.9. The van der Waals surface area contributed by atoms with Gasteiger partial charge in [-0.05, 0) is 22.3 Å². The van der Waals surface area contributed by atoms with Crippen LogP contribution in [-0.4, -0.2) is 0 Å². The van der Waals surface area contributed by atoms with Gasteiger partial charge in [0, 0.05) is 0 Å². The van der Waals surface area contributed by atoms with E-state index in [4.69, 9.17) is 0 Å². The molecule has 0 saturated carbocycles. The molecule has 0 radical (unpaired) electrons. The van der Waals surface area contributed by atoms with Crippen molar-refractivity contribution in [3.63, 3.8) is 0 Å². The normalized spacial score (nSPS) is 12.1. The van der Waals surface area contributed by atoms with Crippen LogP contribution < -0.4 is 0 Å². The first kappa shape index (κ1) is 13.1.